The Balaban J connectivity index is 2.38. The number of hydrogen-bond donors (Lipinski definition) is 1. The second-order valence-electron chi connectivity index (χ2n) is 5.82. The predicted octanol–water partition coefficient (Wildman–Crippen LogP) is 2.68. The third-order valence-electron chi connectivity index (χ3n) is 3.56. The molecule has 124 valence electrons. The molecule has 1 aliphatic rings. The zero-order chi connectivity index (χ0) is 17.1. The van der Waals surface area contributed by atoms with Crippen LogP contribution < -0.4 is 4.90 Å². The van der Waals surface area contributed by atoms with Crippen LogP contribution in [0.4, 0.5) is 10.5 Å². The average Bonchev–Trinajstić information content (AvgIpc) is 2.70. The molecule has 0 aliphatic carbocycles. The molecule has 0 saturated carbocycles. The number of carboxylic acid groups (broad SMARTS) is 1. The monoisotopic (exact) mass is 336 g/mol. The van der Waals surface area contributed by atoms with Gasteiger partial charge in [0.1, 0.15) is 6.04 Å². The number of rotatable bonds is 6. The van der Waals surface area contributed by atoms with Crippen LogP contribution in [0.25, 0.3) is 0 Å². The number of hydrogen-bond acceptors (Lipinski definition) is 4. The van der Waals surface area contributed by atoms with Gasteiger partial charge < -0.3 is 10.0 Å². The van der Waals surface area contributed by atoms with Gasteiger partial charge in [0.05, 0.1) is 12.1 Å². The fourth-order valence-electron chi connectivity index (χ4n) is 2.59. The maximum Gasteiger partial charge on any atom is 0.332 e. The van der Waals surface area contributed by atoms with E-state index in [0.29, 0.717) is 12.2 Å². The summed E-state index contributed by atoms with van der Waals surface area (Å²) in [5.74, 6) is -1.43. The Labute approximate surface area is 139 Å². The van der Waals surface area contributed by atoms with Gasteiger partial charge in [-0.15, -0.1) is 11.8 Å². The van der Waals surface area contributed by atoms with E-state index in [0.717, 1.165) is 9.80 Å². The number of benzene rings is 1. The van der Waals surface area contributed by atoms with Crippen molar-refractivity contribution in [3.8, 4) is 0 Å². The van der Waals surface area contributed by atoms with E-state index in [-0.39, 0.29) is 12.3 Å². The lowest BCUT2D eigenvalue weighted by atomic mass is 10.1. The van der Waals surface area contributed by atoms with Gasteiger partial charge in [-0.3, -0.25) is 9.59 Å². The SMILES string of the molecule is CSc1cccc(N2C(=O)[C@H](CC(=O)O)N(CC(C)C)C2=O)c1. The molecule has 1 aromatic rings. The Morgan fingerprint density at radius 3 is 2.61 bits per heavy atom. The van der Waals surface area contributed by atoms with Gasteiger partial charge in [0.2, 0.25) is 0 Å². The molecule has 0 bridgehead atoms. The van der Waals surface area contributed by atoms with Crippen molar-refractivity contribution in [3.63, 3.8) is 0 Å². The summed E-state index contributed by atoms with van der Waals surface area (Å²) in [7, 11) is 0. The van der Waals surface area contributed by atoms with Crippen LogP contribution >= 0.6 is 11.8 Å². The van der Waals surface area contributed by atoms with Crippen LogP contribution in [-0.2, 0) is 9.59 Å². The van der Waals surface area contributed by atoms with Crippen molar-refractivity contribution >= 4 is 35.4 Å². The van der Waals surface area contributed by atoms with Crippen LogP contribution in [0.5, 0.6) is 0 Å². The van der Waals surface area contributed by atoms with Crippen LogP contribution in [0.15, 0.2) is 29.2 Å². The Hall–Kier alpha value is -2.02. The minimum atomic E-state index is -1.09. The van der Waals surface area contributed by atoms with Crippen LogP contribution in [0.2, 0.25) is 0 Å². The molecular weight excluding hydrogens is 316 g/mol. The highest BCUT2D eigenvalue weighted by molar-refractivity contribution is 7.98. The molecule has 1 saturated heterocycles. The molecule has 2 rings (SSSR count). The molecule has 1 heterocycles. The average molecular weight is 336 g/mol. The number of anilines is 1. The molecular formula is C16H20N2O4S. The first-order valence-electron chi connectivity index (χ1n) is 7.35. The standard InChI is InChI=1S/C16H20N2O4S/c1-10(2)9-17-13(8-14(19)20)15(21)18(16(17)22)11-5-4-6-12(7-11)23-3/h4-7,10,13H,8-9H2,1-3H3,(H,19,20)/t13-/m0/s1. The summed E-state index contributed by atoms with van der Waals surface area (Å²) in [6.07, 6.45) is 1.53. The summed E-state index contributed by atoms with van der Waals surface area (Å²) in [6.45, 7) is 4.19. The molecule has 1 aromatic carbocycles. The lowest BCUT2D eigenvalue weighted by Crippen LogP contribution is -2.39. The Morgan fingerprint density at radius 1 is 1.35 bits per heavy atom. The van der Waals surface area contributed by atoms with E-state index < -0.39 is 23.9 Å². The third-order valence-corrected chi connectivity index (χ3v) is 4.29. The van der Waals surface area contributed by atoms with E-state index in [1.165, 1.54) is 16.7 Å². The van der Waals surface area contributed by atoms with E-state index in [1.54, 1.807) is 18.2 Å². The first kappa shape index (κ1) is 17.3. The third kappa shape index (κ3) is 3.67. The van der Waals surface area contributed by atoms with Crippen LogP contribution in [0.1, 0.15) is 20.3 Å². The lowest BCUT2D eigenvalue weighted by molar-refractivity contribution is -0.140. The van der Waals surface area contributed by atoms with Crippen molar-refractivity contribution in [2.75, 3.05) is 17.7 Å². The number of carboxylic acids is 1. The van der Waals surface area contributed by atoms with Crippen molar-refractivity contribution in [1.29, 1.82) is 0 Å². The van der Waals surface area contributed by atoms with E-state index in [1.807, 2.05) is 26.2 Å². The zero-order valence-electron chi connectivity index (χ0n) is 13.4. The van der Waals surface area contributed by atoms with Gasteiger partial charge >= 0.3 is 12.0 Å². The first-order chi connectivity index (χ1) is 10.8. The molecule has 23 heavy (non-hydrogen) atoms. The summed E-state index contributed by atoms with van der Waals surface area (Å²) in [5.41, 5.74) is 0.480. The number of urea groups is 1. The Bertz CT molecular complexity index is 632. The van der Waals surface area contributed by atoms with Gasteiger partial charge in [-0.1, -0.05) is 19.9 Å². The van der Waals surface area contributed by atoms with Crippen molar-refractivity contribution in [1.82, 2.24) is 4.90 Å². The fraction of sp³-hybridized carbons (Fsp3) is 0.438. The molecule has 6 nitrogen and oxygen atoms in total. The van der Waals surface area contributed by atoms with Crippen molar-refractivity contribution < 1.29 is 19.5 Å². The smallest absolute Gasteiger partial charge is 0.332 e. The highest BCUT2D eigenvalue weighted by Gasteiger charge is 2.46. The van der Waals surface area contributed by atoms with E-state index in [4.69, 9.17) is 5.11 Å². The highest BCUT2D eigenvalue weighted by atomic mass is 32.2. The quantitative estimate of drug-likeness (QED) is 0.638. The molecule has 0 aromatic heterocycles. The highest BCUT2D eigenvalue weighted by Crippen LogP contribution is 2.29. The first-order valence-corrected chi connectivity index (χ1v) is 8.58. The summed E-state index contributed by atoms with van der Waals surface area (Å²) >= 11 is 1.51. The zero-order valence-corrected chi connectivity index (χ0v) is 14.2. The summed E-state index contributed by atoms with van der Waals surface area (Å²) in [5, 5.41) is 9.06. The number of thioether (sulfide) groups is 1. The normalized spacial score (nSPS) is 18.2. The molecule has 0 unspecified atom stereocenters. The lowest BCUT2D eigenvalue weighted by Gasteiger charge is -2.22. The number of carbonyl (C=O) groups excluding carboxylic acids is 2. The van der Waals surface area contributed by atoms with E-state index in [9.17, 15) is 14.4 Å². The van der Waals surface area contributed by atoms with Crippen molar-refractivity contribution in [2.24, 2.45) is 5.92 Å². The molecule has 7 heteroatoms. The van der Waals surface area contributed by atoms with Crippen LogP contribution in [-0.4, -0.2) is 46.8 Å². The van der Waals surface area contributed by atoms with Gasteiger partial charge in [-0.25, -0.2) is 9.69 Å². The summed E-state index contributed by atoms with van der Waals surface area (Å²) in [6, 6.07) is 5.72. The predicted molar refractivity (Wildman–Crippen MR) is 88.7 cm³/mol. The van der Waals surface area contributed by atoms with Gasteiger partial charge in [0, 0.05) is 11.4 Å². The summed E-state index contributed by atoms with van der Waals surface area (Å²) < 4.78 is 0. The molecule has 1 aliphatic heterocycles. The Kier molecular flexibility index (Phi) is 5.30. The molecule has 0 spiro atoms. The second-order valence-corrected chi connectivity index (χ2v) is 6.70. The van der Waals surface area contributed by atoms with Gasteiger partial charge in [-0.05, 0) is 30.4 Å². The minimum Gasteiger partial charge on any atom is -0.481 e. The number of nitrogens with zero attached hydrogens (tertiary/aromatic N) is 2. The molecule has 1 atom stereocenters. The van der Waals surface area contributed by atoms with Crippen LogP contribution in [0, 0.1) is 5.92 Å². The molecule has 1 N–H and O–H groups in total. The van der Waals surface area contributed by atoms with Gasteiger partial charge in [-0.2, -0.15) is 0 Å². The largest absolute Gasteiger partial charge is 0.481 e. The molecule has 1 fully saturated rings. The maximum atomic E-state index is 12.7. The minimum absolute atomic E-state index is 0.139. The van der Waals surface area contributed by atoms with Crippen LogP contribution in [0.3, 0.4) is 0 Å². The molecule has 0 radical (unpaired) electrons. The molecule has 3 amide bonds. The number of aliphatic carboxylic acids is 1. The number of amides is 3. The number of imide groups is 1. The van der Waals surface area contributed by atoms with E-state index in [2.05, 4.69) is 0 Å². The fourth-order valence-corrected chi connectivity index (χ4v) is 3.04. The van der Waals surface area contributed by atoms with Gasteiger partial charge in [0.25, 0.3) is 5.91 Å². The maximum absolute atomic E-state index is 12.7. The summed E-state index contributed by atoms with van der Waals surface area (Å²) in [4.78, 5) is 39.8. The number of carbonyl (C=O) groups is 3. The van der Waals surface area contributed by atoms with Gasteiger partial charge in [0.15, 0.2) is 0 Å². The Morgan fingerprint density at radius 2 is 2.04 bits per heavy atom. The topological polar surface area (TPSA) is 77.9 Å². The van der Waals surface area contributed by atoms with E-state index >= 15 is 0 Å². The van der Waals surface area contributed by atoms with Crippen molar-refractivity contribution in [3.05, 3.63) is 24.3 Å². The van der Waals surface area contributed by atoms with Crippen molar-refractivity contribution in [2.45, 2.75) is 31.2 Å². The second kappa shape index (κ2) is 7.04.